The van der Waals surface area contributed by atoms with Gasteiger partial charge < -0.3 is 10.1 Å². The zero-order valence-corrected chi connectivity index (χ0v) is 11.6. The molecule has 0 fully saturated rings. The van der Waals surface area contributed by atoms with Crippen molar-refractivity contribution in [1.82, 2.24) is 0 Å². The molecule has 3 heteroatoms. The first kappa shape index (κ1) is 12.9. The van der Waals surface area contributed by atoms with Crippen LogP contribution >= 0.6 is 0 Å². The number of ether oxygens (including phenoxy) is 1. The SMILES string of the molecule is Cc1ccc2c(c1C(=O)OC(C)(C)C)CCCN2. The first-order valence-electron chi connectivity index (χ1n) is 6.48. The molecule has 0 saturated heterocycles. The van der Waals surface area contributed by atoms with Gasteiger partial charge in [0.05, 0.1) is 5.56 Å². The summed E-state index contributed by atoms with van der Waals surface area (Å²) in [6.07, 6.45) is 2.00. The molecule has 1 aromatic rings. The molecule has 1 aromatic carbocycles. The summed E-state index contributed by atoms with van der Waals surface area (Å²) in [7, 11) is 0. The van der Waals surface area contributed by atoms with Crippen molar-refractivity contribution in [3.63, 3.8) is 0 Å². The predicted octanol–water partition coefficient (Wildman–Crippen LogP) is 3.31. The minimum absolute atomic E-state index is 0.208. The molecular formula is C15H21NO2. The molecule has 1 N–H and O–H groups in total. The molecule has 0 unspecified atom stereocenters. The Morgan fingerprint density at radius 3 is 2.72 bits per heavy atom. The Kier molecular flexibility index (Phi) is 3.33. The van der Waals surface area contributed by atoms with Crippen LogP contribution in [0.15, 0.2) is 12.1 Å². The summed E-state index contributed by atoms with van der Waals surface area (Å²) in [5.74, 6) is -0.208. The normalized spacial score (nSPS) is 14.7. The highest BCUT2D eigenvalue weighted by atomic mass is 16.6. The number of rotatable bonds is 1. The Bertz CT molecular complexity index is 472. The second-order valence-electron chi connectivity index (χ2n) is 5.82. The smallest absolute Gasteiger partial charge is 0.339 e. The summed E-state index contributed by atoms with van der Waals surface area (Å²) in [4.78, 5) is 12.3. The maximum absolute atomic E-state index is 12.3. The van der Waals surface area contributed by atoms with Crippen molar-refractivity contribution in [2.24, 2.45) is 0 Å². The quantitative estimate of drug-likeness (QED) is 0.774. The molecule has 3 nitrogen and oxygen atoms in total. The van der Waals surface area contributed by atoms with Crippen molar-refractivity contribution >= 4 is 11.7 Å². The third-order valence-corrected chi connectivity index (χ3v) is 3.04. The largest absolute Gasteiger partial charge is 0.456 e. The van der Waals surface area contributed by atoms with E-state index in [2.05, 4.69) is 11.4 Å². The summed E-state index contributed by atoms with van der Waals surface area (Å²) < 4.78 is 5.50. The zero-order chi connectivity index (χ0) is 13.3. The van der Waals surface area contributed by atoms with E-state index >= 15 is 0 Å². The van der Waals surface area contributed by atoms with Crippen molar-refractivity contribution in [2.75, 3.05) is 11.9 Å². The van der Waals surface area contributed by atoms with Crippen LogP contribution < -0.4 is 5.32 Å². The lowest BCUT2D eigenvalue weighted by molar-refractivity contribution is 0.00675. The number of nitrogens with one attached hydrogen (secondary N) is 1. The second-order valence-corrected chi connectivity index (χ2v) is 5.82. The van der Waals surface area contributed by atoms with Gasteiger partial charge in [0.2, 0.25) is 0 Å². The Morgan fingerprint density at radius 2 is 2.06 bits per heavy atom. The van der Waals surface area contributed by atoms with Crippen LogP contribution in [0.3, 0.4) is 0 Å². The van der Waals surface area contributed by atoms with Gasteiger partial charge in [0.25, 0.3) is 0 Å². The summed E-state index contributed by atoms with van der Waals surface area (Å²) >= 11 is 0. The molecule has 1 aliphatic rings. The molecule has 18 heavy (non-hydrogen) atoms. The van der Waals surface area contributed by atoms with Crippen molar-refractivity contribution in [3.05, 3.63) is 28.8 Å². The Morgan fingerprint density at radius 1 is 1.33 bits per heavy atom. The lowest BCUT2D eigenvalue weighted by Crippen LogP contribution is -2.26. The van der Waals surface area contributed by atoms with Crippen molar-refractivity contribution in [2.45, 2.75) is 46.1 Å². The van der Waals surface area contributed by atoms with Gasteiger partial charge in [-0.1, -0.05) is 6.07 Å². The van der Waals surface area contributed by atoms with Gasteiger partial charge in [-0.05, 0) is 57.7 Å². The first-order chi connectivity index (χ1) is 8.38. The average Bonchev–Trinajstić information content (AvgIpc) is 2.26. The first-order valence-corrected chi connectivity index (χ1v) is 6.48. The molecule has 0 aromatic heterocycles. The van der Waals surface area contributed by atoms with Gasteiger partial charge in [-0.15, -0.1) is 0 Å². The van der Waals surface area contributed by atoms with Crippen LogP contribution in [0.1, 0.15) is 48.7 Å². The molecule has 98 valence electrons. The third kappa shape index (κ3) is 2.66. The minimum Gasteiger partial charge on any atom is -0.456 e. The number of carbonyl (C=O) groups excluding carboxylic acids is 1. The zero-order valence-electron chi connectivity index (χ0n) is 11.6. The number of hydrogen-bond acceptors (Lipinski definition) is 3. The van der Waals surface area contributed by atoms with E-state index in [4.69, 9.17) is 4.74 Å². The molecule has 0 saturated carbocycles. The predicted molar refractivity (Wildman–Crippen MR) is 73.2 cm³/mol. The molecule has 0 atom stereocenters. The van der Waals surface area contributed by atoms with Crippen LogP contribution in [-0.4, -0.2) is 18.1 Å². The summed E-state index contributed by atoms with van der Waals surface area (Å²) in [6.45, 7) is 8.63. The van der Waals surface area contributed by atoms with E-state index in [1.807, 2.05) is 33.8 Å². The van der Waals surface area contributed by atoms with Gasteiger partial charge in [-0.3, -0.25) is 0 Å². The summed E-state index contributed by atoms with van der Waals surface area (Å²) in [5, 5.41) is 3.34. The number of anilines is 1. The molecule has 0 amide bonds. The lowest BCUT2D eigenvalue weighted by Gasteiger charge is -2.25. The van der Waals surface area contributed by atoms with E-state index in [-0.39, 0.29) is 5.97 Å². The van der Waals surface area contributed by atoms with Gasteiger partial charge in [0.15, 0.2) is 0 Å². The molecule has 0 aliphatic carbocycles. The van der Waals surface area contributed by atoms with Crippen LogP contribution in [0.25, 0.3) is 0 Å². The van der Waals surface area contributed by atoms with Gasteiger partial charge >= 0.3 is 5.97 Å². The molecular weight excluding hydrogens is 226 g/mol. The monoisotopic (exact) mass is 247 g/mol. The van der Waals surface area contributed by atoms with E-state index in [1.54, 1.807) is 0 Å². The molecule has 0 radical (unpaired) electrons. The number of aryl methyl sites for hydroxylation is 1. The van der Waals surface area contributed by atoms with E-state index < -0.39 is 5.60 Å². The number of esters is 1. The molecule has 0 bridgehead atoms. The van der Waals surface area contributed by atoms with Crippen molar-refractivity contribution < 1.29 is 9.53 Å². The maximum Gasteiger partial charge on any atom is 0.339 e. The highest BCUT2D eigenvalue weighted by Crippen LogP contribution is 2.29. The van der Waals surface area contributed by atoms with E-state index in [9.17, 15) is 4.79 Å². The molecule has 1 heterocycles. The van der Waals surface area contributed by atoms with Crippen LogP contribution in [0.5, 0.6) is 0 Å². The number of carbonyl (C=O) groups is 1. The van der Waals surface area contributed by atoms with E-state index in [0.29, 0.717) is 0 Å². The third-order valence-electron chi connectivity index (χ3n) is 3.04. The van der Waals surface area contributed by atoms with Crippen LogP contribution in [-0.2, 0) is 11.2 Å². The number of hydrogen-bond donors (Lipinski definition) is 1. The van der Waals surface area contributed by atoms with Crippen molar-refractivity contribution in [3.8, 4) is 0 Å². The van der Waals surface area contributed by atoms with Crippen LogP contribution in [0.2, 0.25) is 0 Å². The number of fused-ring (bicyclic) bond motifs is 1. The van der Waals surface area contributed by atoms with Gasteiger partial charge in [-0.25, -0.2) is 4.79 Å². The minimum atomic E-state index is -0.450. The topological polar surface area (TPSA) is 38.3 Å². The van der Waals surface area contributed by atoms with E-state index in [1.165, 1.54) is 0 Å². The maximum atomic E-state index is 12.3. The van der Waals surface area contributed by atoms with Crippen LogP contribution in [0.4, 0.5) is 5.69 Å². The Labute approximate surface area is 109 Å². The average molecular weight is 247 g/mol. The Hall–Kier alpha value is -1.51. The van der Waals surface area contributed by atoms with E-state index in [0.717, 1.165) is 41.8 Å². The number of benzene rings is 1. The fourth-order valence-corrected chi connectivity index (χ4v) is 2.29. The van der Waals surface area contributed by atoms with Gasteiger partial charge in [0.1, 0.15) is 5.60 Å². The standard InChI is InChI=1S/C15H21NO2/c1-10-7-8-12-11(6-5-9-16-12)13(10)14(17)18-15(2,3)4/h7-8,16H,5-6,9H2,1-4H3. The lowest BCUT2D eigenvalue weighted by atomic mass is 9.94. The van der Waals surface area contributed by atoms with Crippen LogP contribution in [0, 0.1) is 6.92 Å². The van der Waals surface area contributed by atoms with Crippen molar-refractivity contribution in [1.29, 1.82) is 0 Å². The molecule has 0 spiro atoms. The van der Waals surface area contributed by atoms with Gasteiger partial charge in [-0.2, -0.15) is 0 Å². The summed E-state index contributed by atoms with van der Waals surface area (Å²) in [6, 6.07) is 4.04. The molecule has 1 aliphatic heterocycles. The van der Waals surface area contributed by atoms with Gasteiger partial charge in [0, 0.05) is 12.2 Å². The highest BCUT2D eigenvalue weighted by molar-refractivity contribution is 5.95. The highest BCUT2D eigenvalue weighted by Gasteiger charge is 2.24. The second kappa shape index (κ2) is 4.63. The summed E-state index contributed by atoms with van der Waals surface area (Å²) in [5.41, 5.74) is 3.47. The fraction of sp³-hybridized carbons (Fsp3) is 0.533. The Balaban J connectivity index is 2.40. The molecule has 2 rings (SSSR count). The fourth-order valence-electron chi connectivity index (χ4n) is 2.29.